The molecule has 0 atom stereocenters. The van der Waals surface area contributed by atoms with E-state index in [9.17, 15) is 8.42 Å². The first kappa shape index (κ1) is 20.2. The van der Waals surface area contributed by atoms with Gasteiger partial charge in [-0.05, 0) is 68.9 Å². The number of H-pyrrole nitrogens is 1. The molecule has 3 aromatic rings. The van der Waals surface area contributed by atoms with E-state index in [1.54, 1.807) is 12.1 Å². The fourth-order valence-corrected chi connectivity index (χ4v) is 4.91. The number of rotatable bonds is 6. The molecule has 27 heavy (non-hydrogen) atoms. The van der Waals surface area contributed by atoms with Crippen molar-refractivity contribution >= 4 is 43.9 Å². The molecule has 0 aliphatic carbocycles. The lowest BCUT2D eigenvalue weighted by Crippen LogP contribution is -2.16. The second kappa shape index (κ2) is 7.84. The molecule has 1 N–H and O–H groups in total. The molecule has 144 valence electrons. The third kappa shape index (κ3) is 4.32. The molecule has 0 fully saturated rings. The van der Waals surface area contributed by atoms with Gasteiger partial charge in [-0.3, -0.25) is 0 Å². The number of hydrogen-bond acceptors (Lipinski definition) is 3. The highest BCUT2D eigenvalue weighted by Crippen LogP contribution is 2.33. The lowest BCUT2D eigenvalue weighted by Gasteiger charge is -2.11. The maximum atomic E-state index is 12.9. The molecule has 0 spiro atoms. The highest BCUT2D eigenvalue weighted by Gasteiger charge is 2.22. The molecular weight excluding hydrogens is 403 g/mol. The summed E-state index contributed by atoms with van der Waals surface area (Å²) < 4.78 is 25.9. The number of halogens is 2. The van der Waals surface area contributed by atoms with Crippen LogP contribution in [0.4, 0.5) is 0 Å². The largest absolute Gasteiger partial charge is 0.357 e. The standard InChI is InChI=1S/C20H22Cl2N2O2S/c1-13-4-9-17(22)19-16(10-11-24(2)3)18(23-20(13)19)12-27(25,26)15-7-5-14(21)6-8-15/h4-9,23H,10-12H2,1-3H3. The number of sulfone groups is 1. The number of benzene rings is 2. The lowest BCUT2D eigenvalue weighted by molar-refractivity contribution is 0.414. The van der Waals surface area contributed by atoms with Gasteiger partial charge >= 0.3 is 0 Å². The van der Waals surface area contributed by atoms with Crippen LogP contribution < -0.4 is 0 Å². The molecule has 0 saturated heterocycles. The summed E-state index contributed by atoms with van der Waals surface area (Å²) in [6, 6.07) is 10.1. The van der Waals surface area contributed by atoms with Gasteiger partial charge in [0.15, 0.2) is 9.84 Å². The average molecular weight is 425 g/mol. The Morgan fingerprint density at radius 3 is 2.33 bits per heavy atom. The minimum atomic E-state index is -3.51. The van der Waals surface area contributed by atoms with E-state index in [0.29, 0.717) is 22.2 Å². The zero-order valence-electron chi connectivity index (χ0n) is 15.5. The molecule has 1 heterocycles. The number of nitrogens with zero attached hydrogens (tertiary/aromatic N) is 1. The minimum Gasteiger partial charge on any atom is -0.357 e. The molecule has 0 unspecified atom stereocenters. The first-order valence-corrected chi connectivity index (χ1v) is 11.0. The van der Waals surface area contributed by atoms with Crippen molar-refractivity contribution in [3.8, 4) is 0 Å². The Balaban J connectivity index is 2.10. The predicted octanol–water partition coefficient (Wildman–Crippen LogP) is 4.86. The normalized spacial score (nSPS) is 12.2. The molecule has 0 aliphatic heterocycles. The second-order valence-electron chi connectivity index (χ2n) is 6.96. The van der Waals surface area contributed by atoms with Crippen LogP contribution in [0.5, 0.6) is 0 Å². The Labute approximate surface area is 170 Å². The summed E-state index contributed by atoms with van der Waals surface area (Å²) in [5, 5.41) is 2.06. The van der Waals surface area contributed by atoms with E-state index in [4.69, 9.17) is 23.2 Å². The molecule has 0 radical (unpaired) electrons. The Hall–Kier alpha value is -1.53. The average Bonchev–Trinajstić information content (AvgIpc) is 2.95. The van der Waals surface area contributed by atoms with Crippen molar-refractivity contribution in [3.05, 3.63) is 63.3 Å². The number of aryl methyl sites for hydroxylation is 1. The topological polar surface area (TPSA) is 53.2 Å². The van der Waals surface area contributed by atoms with Gasteiger partial charge < -0.3 is 9.88 Å². The Morgan fingerprint density at radius 1 is 1.04 bits per heavy atom. The Morgan fingerprint density at radius 2 is 1.70 bits per heavy atom. The smallest absolute Gasteiger partial charge is 0.183 e. The molecule has 0 aliphatic rings. The zero-order chi connectivity index (χ0) is 19.8. The molecule has 1 aromatic heterocycles. The summed E-state index contributed by atoms with van der Waals surface area (Å²) in [4.78, 5) is 5.65. The third-order valence-corrected chi connectivity index (χ3v) is 6.85. The SMILES string of the molecule is Cc1ccc(Cl)c2c(CCN(C)C)c(CS(=O)(=O)c3ccc(Cl)cc3)[nH]c12. The van der Waals surface area contributed by atoms with Crippen molar-refractivity contribution in [1.82, 2.24) is 9.88 Å². The van der Waals surface area contributed by atoms with Gasteiger partial charge in [0, 0.05) is 22.6 Å². The van der Waals surface area contributed by atoms with E-state index < -0.39 is 9.84 Å². The number of fused-ring (bicyclic) bond motifs is 1. The highest BCUT2D eigenvalue weighted by molar-refractivity contribution is 7.90. The fourth-order valence-electron chi connectivity index (χ4n) is 3.16. The van der Waals surface area contributed by atoms with E-state index >= 15 is 0 Å². The summed E-state index contributed by atoms with van der Waals surface area (Å²) in [6.07, 6.45) is 0.710. The summed E-state index contributed by atoms with van der Waals surface area (Å²) in [7, 11) is 0.473. The molecular formula is C20H22Cl2N2O2S. The van der Waals surface area contributed by atoms with Crippen molar-refractivity contribution in [1.29, 1.82) is 0 Å². The van der Waals surface area contributed by atoms with Crippen LogP contribution >= 0.6 is 23.2 Å². The minimum absolute atomic E-state index is 0.109. The summed E-state index contributed by atoms with van der Waals surface area (Å²) in [5.74, 6) is -0.109. The quantitative estimate of drug-likeness (QED) is 0.614. The van der Waals surface area contributed by atoms with Crippen LogP contribution in [0.25, 0.3) is 10.9 Å². The van der Waals surface area contributed by atoms with Crippen LogP contribution in [0.15, 0.2) is 41.3 Å². The number of hydrogen-bond donors (Lipinski definition) is 1. The maximum Gasteiger partial charge on any atom is 0.183 e. The first-order chi connectivity index (χ1) is 12.7. The van der Waals surface area contributed by atoms with E-state index in [-0.39, 0.29) is 10.6 Å². The molecule has 2 aromatic carbocycles. The van der Waals surface area contributed by atoms with Crippen LogP contribution in [0, 0.1) is 6.92 Å². The van der Waals surface area contributed by atoms with Gasteiger partial charge in [-0.1, -0.05) is 29.3 Å². The van der Waals surface area contributed by atoms with E-state index in [1.807, 2.05) is 33.2 Å². The van der Waals surface area contributed by atoms with Gasteiger partial charge in [0.25, 0.3) is 0 Å². The van der Waals surface area contributed by atoms with Crippen molar-refractivity contribution in [2.45, 2.75) is 24.0 Å². The predicted molar refractivity (Wildman–Crippen MR) is 113 cm³/mol. The molecule has 4 nitrogen and oxygen atoms in total. The Bertz CT molecular complexity index is 1070. The van der Waals surface area contributed by atoms with Crippen molar-refractivity contribution in [2.75, 3.05) is 20.6 Å². The number of likely N-dealkylation sites (N-methyl/N-ethyl adjacent to an activating group) is 1. The van der Waals surface area contributed by atoms with Gasteiger partial charge in [-0.25, -0.2) is 8.42 Å². The van der Waals surface area contributed by atoms with Crippen LogP contribution in [-0.2, 0) is 22.0 Å². The summed E-state index contributed by atoms with van der Waals surface area (Å²) in [5.41, 5.74) is 3.59. The highest BCUT2D eigenvalue weighted by atomic mass is 35.5. The van der Waals surface area contributed by atoms with Crippen molar-refractivity contribution in [3.63, 3.8) is 0 Å². The van der Waals surface area contributed by atoms with Crippen LogP contribution in [-0.4, -0.2) is 38.9 Å². The fraction of sp³-hybridized carbons (Fsp3) is 0.300. The molecule has 0 saturated carbocycles. The van der Waals surface area contributed by atoms with Gasteiger partial charge in [0.2, 0.25) is 0 Å². The van der Waals surface area contributed by atoms with Gasteiger partial charge in [0.1, 0.15) is 0 Å². The van der Waals surface area contributed by atoms with E-state index in [2.05, 4.69) is 9.88 Å². The summed E-state index contributed by atoms with van der Waals surface area (Å²) in [6.45, 7) is 2.79. The van der Waals surface area contributed by atoms with E-state index in [0.717, 1.165) is 28.6 Å². The van der Waals surface area contributed by atoms with Crippen molar-refractivity contribution < 1.29 is 8.42 Å². The maximum absolute atomic E-state index is 12.9. The second-order valence-corrected chi connectivity index (χ2v) is 9.80. The van der Waals surface area contributed by atoms with Gasteiger partial charge in [-0.2, -0.15) is 0 Å². The van der Waals surface area contributed by atoms with Crippen molar-refractivity contribution in [2.24, 2.45) is 0 Å². The number of aromatic nitrogens is 1. The molecule has 0 amide bonds. The van der Waals surface area contributed by atoms with Crippen LogP contribution in [0.3, 0.4) is 0 Å². The van der Waals surface area contributed by atoms with Crippen LogP contribution in [0.2, 0.25) is 10.0 Å². The van der Waals surface area contributed by atoms with E-state index in [1.165, 1.54) is 12.1 Å². The molecule has 0 bridgehead atoms. The lowest BCUT2D eigenvalue weighted by atomic mass is 10.1. The first-order valence-electron chi connectivity index (χ1n) is 8.60. The number of nitrogens with one attached hydrogen (secondary N) is 1. The van der Waals surface area contributed by atoms with Gasteiger partial charge in [0.05, 0.1) is 21.2 Å². The summed E-state index contributed by atoms with van der Waals surface area (Å²) >= 11 is 12.4. The molecule has 7 heteroatoms. The van der Waals surface area contributed by atoms with Gasteiger partial charge in [-0.15, -0.1) is 0 Å². The zero-order valence-corrected chi connectivity index (χ0v) is 17.8. The van der Waals surface area contributed by atoms with Crippen LogP contribution in [0.1, 0.15) is 16.8 Å². The monoisotopic (exact) mass is 424 g/mol. The Kier molecular flexibility index (Phi) is 5.87. The third-order valence-electron chi connectivity index (χ3n) is 4.62. The number of aromatic amines is 1. The molecule has 3 rings (SSSR count).